The number of phenolic OH excluding ortho intramolecular Hbond substituents is 1. The maximum Gasteiger partial charge on any atom is 0.170 e. The molecule has 6 heteroatoms. The third-order valence-corrected chi connectivity index (χ3v) is 6.62. The van der Waals surface area contributed by atoms with Crippen LogP contribution >= 0.6 is 0 Å². The van der Waals surface area contributed by atoms with Crippen LogP contribution in [0.25, 0.3) is 0 Å². The number of methoxy groups -OCH3 is 4. The van der Waals surface area contributed by atoms with Gasteiger partial charge in [0.25, 0.3) is 0 Å². The molecular weight excluding hydrogens is 444 g/mol. The third kappa shape index (κ3) is 7.55. The highest BCUT2D eigenvalue weighted by atomic mass is 16.5. The van der Waals surface area contributed by atoms with E-state index in [1.165, 1.54) is 7.11 Å². The lowest BCUT2D eigenvalue weighted by molar-refractivity contribution is 0.0976. The Balaban J connectivity index is 2.38. The summed E-state index contributed by atoms with van der Waals surface area (Å²) in [5.41, 5.74) is 1.79. The number of rotatable bonds is 14. The molecule has 1 atom stereocenters. The minimum Gasteiger partial charge on any atom is -0.507 e. The van der Waals surface area contributed by atoms with Gasteiger partial charge < -0.3 is 24.1 Å². The Morgan fingerprint density at radius 1 is 0.829 bits per heavy atom. The number of ketones is 1. The molecule has 2 aromatic rings. The Kier molecular flexibility index (Phi) is 10.7. The van der Waals surface area contributed by atoms with Gasteiger partial charge in [0.05, 0.1) is 28.4 Å². The quantitative estimate of drug-likeness (QED) is 0.308. The number of aromatic hydroxyl groups is 1. The van der Waals surface area contributed by atoms with Crippen molar-refractivity contribution in [3.05, 3.63) is 41.0 Å². The van der Waals surface area contributed by atoms with E-state index in [1.807, 2.05) is 12.1 Å². The smallest absolute Gasteiger partial charge is 0.170 e. The van der Waals surface area contributed by atoms with Crippen LogP contribution in [0.15, 0.2) is 24.3 Å². The Morgan fingerprint density at radius 2 is 1.43 bits per heavy atom. The van der Waals surface area contributed by atoms with E-state index < -0.39 is 0 Å². The summed E-state index contributed by atoms with van der Waals surface area (Å²) in [6.07, 6.45) is 3.46. The molecule has 0 aliphatic rings. The second-order valence-corrected chi connectivity index (χ2v) is 9.81. The lowest BCUT2D eigenvalue weighted by Crippen LogP contribution is -2.15. The van der Waals surface area contributed by atoms with Gasteiger partial charge in [-0.2, -0.15) is 0 Å². The fourth-order valence-corrected chi connectivity index (χ4v) is 4.35. The van der Waals surface area contributed by atoms with Crippen molar-refractivity contribution in [1.29, 1.82) is 0 Å². The van der Waals surface area contributed by atoms with Crippen molar-refractivity contribution in [3.63, 3.8) is 0 Å². The Labute approximate surface area is 210 Å². The van der Waals surface area contributed by atoms with Crippen molar-refractivity contribution < 1.29 is 28.8 Å². The number of phenols is 1. The van der Waals surface area contributed by atoms with Crippen LogP contribution in [0.3, 0.4) is 0 Å². The fourth-order valence-electron chi connectivity index (χ4n) is 4.35. The summed E-state index contributed by atoms with van der Waals surface area (Å²) in [4.78, 5) is 13.4. The zero-order valence-electron chi connectivity index (χ0n) is 22.6. The van der Waals surface area contributed by atoms with E-state index in [0.29, 0.717) is 59.2 Å². The number of carbonyl (C=O) groups is 1. The van der Waals surface area contributed by atoms with Crippen LogP contribution < -0.4 is 18.9 Å². The van der Waals surface area contributed by atoms with Crippen LogP contribution in [0.1, 0.15) is 68.4 Å². The van der Waals surface area contributed by atoms with Gasteiger partial charge in [-0.3, -0.25) is 4.79 Å². The zero-order valence-corrected chi connectivity index (χ0v) is 22.6. The fraction of sp³-hybridized carbons (Fsp3) is 0.552. The van der Waals surface area contributed by atoms with E-state index in [9.17, 15) is 9.90 Å². The van der Waals surface area contributed by atoms with Crippen LogP contribution in [0.4, 0.5) is 0 Å². The number of ether oxygens (including phenoxy) is 4. The highest BCUT2D eigenvalue weighted by molar-refractivity contribution is 6.02. The van der Waals surface area contributed by atoms with Crippen molar-refractivity contribution in [3.8, 4) is 28.7 Å². The summed E-state index contributed by atoms with van der Waals surface area (Å²) in [6, 6.07) is 7.28. The van der Waals surface area contributed by atoms with Crippen LogP contribution in [-0.2, 0) is 12.8 Å². The molecule has 1 N–H and O–H groups in total. The maximum atomic E-state index is 13.4. The number of hydrogen-bond acceptors (Lipinski definition) is 6. The van der Waals surface area contributed by atoms with Gasteiger partial charge in [0.2, 0.25) is 0 Å². The van der Waals surface area contributed by atoms with Gasteiger partial charge in [0.1, 0.15) is 34.3 Å². The molecule has 0 aliphatic heterocycles. The van der Waals surface area contributed by atoms with Gasteiger partial charge in [-0.05, 0) is 54.7 Å². The average Bonchev–Trinajstić information content (AvgIpc) is 2.84. The van der Waals surface area contributed by atoms with Gasteiger partial charge in [-0.15, -0.1) is 0 Å². The molecule has 1 unspecified atom stereocenters. The summed E-state index contributed by atoms with van der Waals surface area (Å²) < 4.78 is 21.8. The number of benzene rings is 2. The Hall–Kier alpha value is -2.89. The summed E-state index contributed by atoms with van der Waals surface area (Å²) in [7, 11) is 6.26. The molecule has 0 aromatic heterocycles. The summed E-state index contributed by atoms with van der Waals surface area (Å²) in [6.45, 7) is 8.84. The van der Waals surface area contributed by atoms with Gasteiger partial charge in [0, 0.05) is 24.1 Å². The molecule has 0 heterocycles. The lowest BCUT2D eigenvalue weighted by Gasteiger charge is -2.24. The third-order valence-electron chi connectivity index (χ3n) is 6.62. The van der Waals surface area contributed by atoms with Crippen LogP contribution in [0, 0.1) is 17.8 Å². The molecule has 0 saturated heterocycles. The molecule has 0 radical (unpaired) electrons. The minimum atomic E-state index is -0.187. The van der Waals surface area contributed by atoms with Gasteiger partial charge in [0.15, 0.2) is 5.78 Å². The van der Waals surface area contributed by atoms with E-state index in [1.54, 1.807) is 33.5 Å². The average molecular weight is 487 g/mol. The molecule has 2 aromatic carbocycles. The molecule has 0 aliphatic carbocycles. The number of Topliss-reactive ketones (excluding diaryl/α,β-unsaturated/α-hetero) is 1. The van der Waals surface area contributed by atoms with Crippen molar-refractivity contribution in [2.75, 3.05) is 28.4 Å². The van der Waals surface area contributed by atoms with E-state index in [2.05, 4.69) is 27.7 Å². The number of aryl methyl sites for hydroxylation is 1. The largest absolute Gasteiger partial charge is 0.507 e. The second-order valence-electron chi connectivity index (χ2n) is 9.81. The highest BCUT2D eigenvalue weighted by Crippen LogP contribution is 2.42. The second kappa shape index (κ2) is 13.3. The molecule has 35 heavy (non-hydrogen) atoms. The van der Waals surface area contributed by atoms with Crippen LogP contribution in [0.2, 0.25) is 0 Å². The molecular formula is C29H42O6. The first-order chi connectivity index (χ1) is 16.6. The molecule has 0 spiro atoms. The molecule has 0 amide bonds. The molecule has 0 fully saturated rings. The minimum absolute atomic E-state index is 0.0374. The zero-order chi connectivity index (χ0) is 26.1. The van der Waals surface area contributed by atoms with Crippen LogP contribution in [0.5, 0.6) is 28.7 Å². The molecule has 0 bridgehead atoms. The monoisotopic (exact) mass is 486 g/mol. The van der Waals surface area contributed by atoms with Crippen LogP contribution in [-0.4, -0.2) is 39.3 Å². The molecule has 0 saturated carbocycles. The Bertz CT molecular complexity index is 957. The first kappa shape index (κ1) is 28.3. The van der Waals surface area contributed by atoms with E-state index in [4.69, 9.17) is 18.9 Å². The summed E-state index contributed by atoms with van der Waals surface area (Å²) in [5, 5.41) is 11.3. The predicted molar refractivity (Wildman–Crippen MR) is 140 cm³/mol. The maximum absolute atomic E-state index is 13.4. The van der Waals surface area contributed by atoms with Gasteiger partial charge in [-0.1, -0.05) is 34.1 Å². The number of hydrogen-bond donors (Lipinski definition) is 1. The van der Waals surface area contributed by atoms with Gasteiger partial charge >= 0.3 is 0 Å². The van der Waals surface area contributed by atoms with Crippen molar-refractivity contribution in [2.45, 2.75) is 59.8 Å². The SMILES string of the molecule is COc1cc(CCC(=O)c2c(OC)cc(OC)c(CC(CCC(C)C)C(C)C)c2O)cc(OC)c1. The normalized spacial score (nSPS) is 12.1. The molecule has 2 rings (SSSR count). The standard InChI is InChI=1S/C29H42O6/c1-18(2)9-11-21(19(3)4)15-24-26(34-7)17-27(35-8)28(29(24)31)25(30)12-10-20-13-22(32-5)16-23(14-20)33-6/h13-14,16-19,21,31H,9-12,15H2,1-8H3. The lowest BCUT2D eigenvalue weighted by atomic mass is 9.83. The van der Waals surface area contributed by atoms with E-state index in [-0.39, 0.29) is 23.5 Å². The Morgan fingerprint density at radius 3 is 1.91 bits per heavy atom. The first-order valence-corrected chi connectivity index (χ1v) is 12.4. The van der Waals surface area contributed by atoms with Gasteiger partial charge in [-0.25, -0.2) is 0 Å². The predicted octanol–water partition coefficient (Wildman–Crippen LogP) is 6.49. The summed E-state index contributed by atoms with van der Waals surface area (Å²) >= 11 is 0. The first-order valence-electron chi connectivity index (χ1n) is 12.4. The highest BCUT2D eigenvalue weighted by Gasteiger charge is 2.27. The van der Waals surface area contributed by atoms with Crippen molar-refractivity contribution in [1.82, 2.24) is 0 Å². The summed E-state index contributed by atoms with van der Waals surface area (Å²) in [5.74, 6) is 3.37. The molecule has 194 valence electrons. The van der Waals surface area contributed by atoms with E-state index >= 15 is 0 Å². The number of carbonyl (C=O) groups excluding carboxylic acids is 1. The van der Waals surface area contributed by atoms with Crippen molar-refractivity contribution in [2.24, 2.45) is 17.8 Å². The van der Waals surface area contributed by atoms with E-state index in [0.717, 1.165) is 18.4 Å². The topological polar surface area (TPSA) is 74.2 Å². The molecule has 6 nitrogen and oxygen atoms in total. The van der Waals surface area contributed by atoms with Crippen molar-refractivity contribution >= 4 is 5.78 Å².